The minimum Gasteiger partial charge on any atom is -0.508 e. The molecule has 1 aromatic carbocycles. The van der Waals surface area contributed by atoms with Crippen LogP contribution in [0.3, 0.4) is 0 Å². The Bertz CT molecular complexity index is 637. The Hall–Kier alpha value is -1.28. The maximum Gasteiger partial charge on any atom is 0.115 e. The lowest BCUT2D eigenvalue weighted by atomic mass is 9.46. The van der Waals surface area contributed by atoms with Crippen LogP contribution >= 0.6 is 0 Å². The van der Waals surface area contributed by atoms with Gasteiger partial charge in [-0.25, -0.2) is 0 Å². The van der Waals surface area contributed by atoms with Crippen molar-refractivity contribution < 1.29 is 10.2 Å². The van der Waals surface area contributed by atoms with Gasteiger partial charge in [-0.1, -0.05) is 19.1 Å². The van der Waals surface area contributed by atoms with Crippen LogP contribution in [0, 0.1) is 16.7 Å². The largest absolute Gasteiger partial charge is 0.508 e. The van der Waals surface area contributed by atoms with E-state index in [2.05, 4.69) is 25.6 Å². The number of fused-ring (bicyclic) bond motifs is 5. The summed E-state index contributed by atoms with van der Waals surface area (Å²) in [4.78, 5) is 0. The summed E-state index contributed by atoms with van der Waals surface area (Å²) in [5.41, 5.74) is 3.10. The fourth-order valence-corrected chi connectivity index (χ4v) is 6.47. The molecule has 1 aromatic rings. The molecule has 0 aromatic heterocycles. The summed E-state index contributed by atoms with van der Waals surface area (Å²) in [6, 6.07) is 5.96. The van der Waals surface area contributed by atoms with E-state index in [1.165, 1.54) is 11.1 Å². The standard InChI is InChI=1S/C21H28O2/c1-3-10-21-12-8-14-13-15(22)4-5-16(14)17(21)9-11-20(2)18(21)6-7-19(20)23/h3-5,13,17-19,22-23H,1,6-12H2,2H3/t17?,18?,19-,20-,21+/m0/s1. The van der Waals surface area contributed by atoms with E-state index in [1.54, 1.807) is 0 Å². The Morgan fingerprint density at radius 1 is 1.26 bits per heavy atom. The van der Waals surface area contributed by atoms with E-state index in [4.69, 9.17) is 0 Å². The van der Waals surface area contributed by atoms with Crippen molar-refractivity contribution >= 4 is 0 Å². The zero-order valence-electron chi connectivity index (χ0n) is 14.1. The maximum absolute atomic E-state index is 10.6. The van der Waals surface area contributed by atoms with Crippen molar-refractivity contribution in [3.63, 3.8) is 0 Å². The van der Waals surface area contributed by atoms with Crippen LogP contribution in [-0.2, 0) is 6.42 Å². The molecule has 23 heavy (non-hydrogen) atoms. The average molecular weight is 312 g/mol. The fourth-order valence-electron chi connectivity index (χ4n) is 6.47. The molecule has 0 radical (unpaired) electrons. The first-order chi connectivity index (χ1) is 11.0. The Morgan fingerprint density at radius 3 is 2.87 bits per heavy atom. The van der Waals surface area contributed by atoms with Crippen molar-refractivity contribution in [3.8, 4) is 5.75 Å². The molecule has 0 bridgehead atoms. The summed E-state index contributed by atoms with van der Waals surface area (Å²) in [5, 5.41) is 20.5. The van der Waals surface area contributed by atoms with Gasteiger partial charge in [0.2, 0.25) is 0 Å². The van der Waals surface area contributed by atoms with Gasteiger partial charge in [-0.3, -0.25) is 0 Å². The van der Waals surface area contributed by atoms with Crippen molar-refractivity contribution in [3.05, 3.63) is 42.0 Å². The van der Waals surface area contributed by atoms with E-state index in [9.17, 15) is 10.2 Å². The summed E-state index contributed by atoms with van der Waals surface area (Å²) < 4.78 is 0. The van der Waals surface area contributed by atoms with E-state index >= 15 is 0 Å². The van der Waals surface area contributed by atoms with Gasteiger partial charge in [0.05, 0.1) is 6.10 Å². The van der Waals surface area contributed by atoms with Crippen molar-refractivity contribution in [1.29, 1.82) is 0 Å². The number of hydrogen-bond donors (Lipinski definition) is 2. The molecular formula is C21H28O2. The Balaban J connectivity index is 1.82. The quantitative estimate of drug-likeness (QED) is 0.786. The molecular weight excluding hydrogens is 284 g/mol. The van der Waals surface area contributed by atoms with Gasteiger partial charge in [-0.05, 0) is 90.9 Å². The number of phenols is 1. The zero-order valence-corrected chi connectivity index (χ0v) is 14.1. The van der Waals surface area contributed by atoms with Gasteiger partial charge in [0.1, 0.15) is 5.75 Å². The molecule has 3 aliphatic carbocycles. The highest BCUT2D eigenvalue weighted by Gasteiger charge is 2.61. The van der Waals surface area contributed by atoms with E-state index in [0.29, 0.717) is 17.6 Å². The molecule has 2 nitrogen and oxygen atoms in total. The molecule has 0 aliphatic heterocycles. The average Bonchev–Trinajstić information content (AvgIpc) is 2.84. The van der Waals surface area contributed by atoms with Crippen molar-refractivity contribution in [2.75, 3.05) is 0 Å². The number of aryl methyl sites for hydroxylation is 1. The van der Waals surface area contributed by atoms with E-state index in [1.807, 2.05) is 12.1 Å². The first-order valence-electron chi connectivity index (χ1n) is 9.12. The van der Waals surface area contributed by atoms with Crippen LogP contribution in [0.25, 0.3) is 0 Å². The molecule has 0 amide bonds. The van der Waals surface area contributed by atoms with Gasteiger partial charge in [-0.2, -0.15) is 0 Å². The normalized spacial score (nSPS) is 41.7. The number of aliphatic hydroxyl groups is 1. The van der Waals surface area contributed by atoms with E-state index in [0.717, 1.165) is 44.9 Å². The molecule has 4 rings (SSSR count). The van der Waals surface area contributed by atoms with Crippen molar-refractivity contribution in [1.82, 2.24) is 0 Å². The van der Waals surface area contributed by atoms with Crippen LogP contribution in [0.15, 0.2) is 30.9 Å². The highest BCUT2D eigenvalue weighted by molar-refractivity contribution is 5.41. The molecule has 0 saturated heterocycles. The van der Waals surface area contributed by atoms with Crippen LogP contribution in [0.5, 0.6) is 5.75 Å². The molecule has 3 aliphatic rings. The third-order valence-corrected chi connectivity index (χ3v) is 7.53. The zero-order chi connectivity index (χ0) is 16.2. The molecule has 2 N–H and O–H groups in total. The number of benzene rings is 1. The molecule has 2 heteroatoms. The Labute approximate surface area is 139 Å². The summed E-state index contributed by atoms with van der Waals surface area (Å²) in [6.07, 6.45) is 9.57. The summed E-state index contributed by atoms with van der Waals surface area (Å²) >= 11 is 0. The molecule has 124 valence electrons. The van der Waals surface area contributed by atoms with Gasteiger partial charge in [0.25, 0.3) is 0 Å². The molecule has 0 spiro atoms. The first kappa shape index (κ1) is 15.3. The molecule has 0 heterocycles. The molecule has 2 saturated carbocycles. The van der Waals surface area contributed by atoms with Crippen molar-refractivity contribution in [2.45, 2.75) is 63.9 Å². The second-order valence-electron chi connectivity index (χ2n) is 8.35. The van der Waals surface area contributed by atoms with E-state index < -0.39 is 0 Å². The van der Waals surface area contributed by atoms with Gasteiger partial charge < -0.3 is 10.2 Å². The summed E-state index contributed by atoms with van der Waals surface area (Å²) in [6.45, 7) is 6.39. The fraction of sp³-hybridized carbons (Fsp3) is 0.619. The number of hydrogen-bond acceptors (Lipinski definition) is 2. The third kappa shape index (κ3) is 1.97. The number of rotatable bonds is 2. The maximum atomic E-state index is 10.6. The molecule has 5 atom stereocenters. The second kappa shape index (κ2) is 5.11. The van der Waals surface area contributed by atoms with Gasteiger partial charge >= 0.3 is 0 Å². The van der Waals surface area contributed by atoms with Crippen LogP contribution in [0.2, 0.25) is 0 Å². The number of allylic oxidation sites excluding steroid dienone is 1. The minimum absolute atomic E-state index is 0.0773. The monoisotopic (exact) mass is 312 g/mol. The predicted molar refractivity (Wildman–Crippen MR) is 92.5 cm³/mol. The molecule has 2 unspecified atom stereocenters. The second-order valence-corrected chi connectivity index (χ2v) is 8.35. The van der Waals surface area contributed by atoms with Crippen LogP contribution in [-0.4, -0.2) is 16.3 Å². The number of aromatic hydroxyl groups is 1. The Kier molecular flexibility index (Phi) is 3.39. The lowest BCUT2D eigenvalue weighted by molar-refractivity contribution is -0.0743. The van der Waals surface area contributed by atoms with Gasteiger partial charge in [0, 0.05) is 0 Å². The Morgan fingerprint density at radius 2 is 2.09 bits per heavy atom. The lowest BCUT2D eigenvalue weighted by Gasteiger charge is -2.58. The smallest absolute Gasteiger partial charge is 0.115 e. The summed E-state index contributed by atoms with van der Waals surface area (Å²) in [5.74, 6) is 1.52. The minimum atomic E-state index is -0.142. The highest BCUT2D eigenvalue weighted by atomic mass is 16.3. The van der Waals surface area contributed by atoms with Crippen LogP contribution < -0.4 is 0 Å². The van der Waals surface area contributed by atoms with Crippen molar-refractivity contribution in [2.24, 2.45) is 16.7 Å². The highest BCUT2D eigenvalue weighted by Crippen LogP contribution is 2.68. The lowest BCUT2D eigenvalue weighted by Crippen LogP contribution is -2.51. The number of phenolic OH excluding ortho intramolecular Hbond substituents is 1. The topological polar surface area (TPSA) is 40.5 Å². The van der Waals surface area contributed by atoms with Crippen LogP contribution in [0.4, 0.5) is 0 Å². The van der Waals surface area contributed by atoms with Crippen LogP contribution in [0.1, 0.15) is 62.5 Å². The summed E-state index contributed by atoms with van der Waals surface area (Å²) in [7, 11) is 0. The predicted octanol–water partition coefficient (Wildman–Crippen LogP) is 4.56. The SMILES string of the molecule is C=CC[C@@]12CCc3cc(O)ccc3C1CC[C@@]1(C)C2CC[C@@H]1O. The van der Waals surface area contributed by atoms with Gasteiger partial charge in [0.15, 0.2) is 0 Å². The number of aliphatic hydroxyl groups excluding tert-OH is 1. The van der Waals surface area contributed by atoms with Gasteiger partial charge in [-0.15, -0.1) is 6.58 Å². The molecule has 2 fully saturated rings. The third-order valence-electron chi connectivity index (χ3n) is 7.53. The van der Waals surface area contributed by atoms with E-state index in [-0.39, 0.29) is 16.9 Å². The first-order valence-corrected chi connectivity index (χ1v) is 9.12.